The minimum absolute atomic E-state index is 0.147. The Hall–Kier alpha value is -2.67. The van der Waals surface area contributed by atoms with E-state index in [4.69, 9.17) is 0 Å². The van der Waals surface area contributed by atoms with E-state index in [-0.39, 0.29) is 18.4 Å². The van der Waals surface area contributed by atoms with Crippen LogP contribution in [0.4, 0.5) is 0 Å². The highest BCUT2D eigenvalue weighted by Crippen LogP contribution is 2.38. The number of amides is 2. The molecule has 0 radical (unpaired) electrons. The molecule has 27 heavy (non-hydrogen) atoms. The van der Waals surface area contributed by atoms with Gasteiger partial charge in [0.25, 0.3) is 5.91 Å². The average molecular weight is 368 g/mol. The van der Waals surface area contributed by atoms with Crippen molar-refractivity contribution in [1.29, 1.82) is 0 Å². The van der Waals surface area contributed by atoms with Crippen LogP contribution in [0.3, 0.4) is 0 Å². The predicted octanol–water partition coefficient (Wildman–Crippen LogP) is 1.49. The summed E-state index contributed by atoms with van der Waals surface area (Å²) in [4.78, 5) is 27.6. The van der Waals surface area contributed by atoms with Gasteiger partial charge in [-0.3, -0.25) is 14.7 Å². The summed E-state index contributed by atoms with van der Waals surface area (Å²) in [6, 6.07) is 9.57. The number of carbonyl (C=O) groups is 2. The topological polar surface area (TPSA) is 98.3 Å². The lowest BCUT2D eigenvalue weighted by Crippen LogP contribution is -2.62. The summed E-state index contributed by atoms with van der Waals surface area (Å²) in [6.45, 7) is 3.11. The highest BCUT2D eigenvalue weighted by Gasteiger charge is 2.51. The van der Waals surface area contributed by atoms with Crippen molar-refractivity contribution in [2.24, 2.45) is 5.41 Å². The Kier molecular flexibility index (Phi) is 4.47. The van der Waals surface area contributed by atoms with Crippen molar-refractivity contribution in [2.75, 3.05) is 19.6 Å². The third kappa shape index (κ3) is 2.92. The molecular formula is C20H24N4O3. The maximum absolute atomic E-state index is 13.4. The van der Waals surface area contributed by atoms with Gasteiger partial charge in [0.1, 0.15) is 5.69 Å². The molecule has 2 saturated heterocycles. The largest absolute Gasteiger partial charge is 0.392 e. The maximum Gasteiger partial charge on any atom is 0.258 e. The molecule has 7 heteroatoms. The molecule has 1 aromatic heterocycles. The van der Waals surface area contributed by atoms with Crippen LogP contribution in [0, 0.1) is 12.3 Å². The Labute approximate surface area is 157 Å². The van der Waals surface area contributed by atoms with Gasteiger partial charge in [-0.2, -0.15) is 5.10 Å². The van der Waals surface area contributed by atoms with Gasteiger partial charge < -0.3 is 15.3 Å². The fourth-order valence-corrected chi connectivity index (χ4v) is 4.27. The zero-order valence-electron chi connectivity index (χ0n) is 15.4. The number of H-pyrrole nitrogens is 1. The first-order valence-electron chi connectivity index (χ1n) is 9.39. The number of aromatic nitrogens is 2. The number of aliphatic hydroxyl groups is 1. The van der Waals surface area contributed by atoms with Crippen LogP contribution in [0.2, 0.25) is 0 Å². The van der Waals surface area contributed by atoms with E-state index in [2.05, 4.69) is 15.5 Å². The van der Waals surface area contributed by atoms with Crippen molar-refractivity contribution < 1.29 is 14.7 Å². The highest BCUT2D eigenvalue weighted by molar-refractivity contribution is 6.01. The minimum atomic E-state index is -0.906. The number of rotatable bonds is 2. The number of hydrogen-bond donors (Lipinski definition) is 3. The molecule has 1 spiro atoms. The van der Waals surface area contributed by atoms with Gasteiger partial charge in [0.2, 0.25) is 5.91 Å². The average Bonchev–Trinajstić information content (AvgIpc) is 3.07. The number of aliphatic hydroxyl groups excluding tert-OH is 1. The van der Waals surface area contributed by atoms with Gasteiger partial charge >= 0.3 is 0 Å². The van der Waals surface area contributed by atoms with Crippen LogP contribution in [0.25, 0.3) is 11.3 Å². The number of aromatic amines is 1. The molecule has 1 aromatic carbocycles. The molecule has 3 heterocycles. The third-order valence-corrected chi connectivity index (χ3v) is 5.82. The van der Waals surface area contributed by atoms with Gasteiger partial charge in [-0.05, 0) is 26.2 Å². The minimum Gasteiger partial charge on any atom is -0.392 e. The van der Waals surface area contributed by atoms with Crippen LogP contribution in [0.5, 0.6) is 0 Å². The second kappa shape index (κ2) is 6.81. The van der Waals surface area contributed by atoms with Crippen molar-refractivity contribution in [2.45, 2.75) is 32.3 Å². The number of hydrogen-bond acceptors (Lipinski definition) is 4. The number of nitrogens with one attached hydrogen (secondary N) is 2. The first kappa shape index (κ1) is 17.7. The summed E-state index contributed by atoms with van der Waals surface area (Å²) in [5.74, 6) is -0.296. The normalized spacial score (nSPS) is 25.5. The Morgan fingerprint density at radius 3 is 2.85 bits per heavy atom. The lowest BCUT2D eigenvalue weighted by molar-refractivity contribution is -0.147. The first-order valence-corrected chi connectivity index (χ1v) is 9.39. The lowest BCUT2D eigenvalue weighted by atomic mass is 9.71. The second-order valence-corrected chi connectivity index (χ2v) is 7.49. The summed E-state index contributed by atoms with van der Waals surface area (Å²) in [7, 11) is 0. The summed E-state index contributed by atoms with van der Waals surface area (Å²) in [6.07, 6.45) is 1.09. The molecule has 2 amide bonds. The third-order valence-electron chi connectivity index (χ3n) is 5.82. The van der Waals surface area contributed by atoms with E-state index < -0.39 is 11.5 Å². The van der Waals surface area contributed by atoms with Gasteiger partial charge in [0, 0.05) is 30.9 Å². The van der Waals surface area contributed by atoms with Crippen LogP contribution in [0.15, 0.2) is 30.3 Å². The number of piperidine rings is 2. The van der Waals surface area contributed by atoms with Crippen LogP contribution in [-0.4, -0.2) is 57.8 Å². The Morgan fingerprint density at radius 2 is 2.11 bits per heavy atom. The molecule has 2 atom stereocenters. The van der Waals surface area contributed by atoms with Crippen LogP contribution in [0.1, 0.15) is 35.3 Å². The maximum atomic E-state index is 13.4. The predicted molar refractivity (Wildman–Crippen MR) is 100.0 cm³/mol. The molecule has 0 saturated carbocycles. The van der Waals surface area contributed by atoms with Crippen LogP contribution >= 0.6 is 0 Å². The number of nitrogens with zero attached hydrogens (tertiary/aromatic N) is 2. The van der Waals surface area contributed by atoms with Crippen molar-refractivity contribution in [3.05, 3.63) is 41.6 Å². The zero-order chi connectivity index (χ0) is 19.0. The summed E-state index contributed by atoms with van der Waals surface area (Å²) in [5.41, 5.74) is 1.81. The Balaban J connectivity index is 1.66. The van der Waals surface area contributed by atoms with E-state index in [1.807, 2.05) is 37.3 Å². The molecule has 7 nitrogen and oxygen atoms in total. The highest BCUT2D eigenvalue weighted by atomic mass is 16.3. The van der Waals surface area contributed by atoms with Gasteiger partial charge in [-0.1, -0.05) is 30.3 Å². The van der Waals surface area contributed by atoms with E-state index >= 15 is 0 Å². The van der Waals surface area contributed by atoms with E-state index in [0.717, 1.165) is 12.0 Å². The monoisotopic (exact) mass is 368 g/mol. The summed E-state index contributed by atoms with van der Waals surface area (Å²) < 4.78 is 0. The first-order chi connectivity index (χ1) is 13.0. The number of benzene rings is 1. The molecular weight excluding hydrogens is 344 g/mol. The molecule has 142 valence electrons. The standard InChI is InChI=1S/C20H24N4O3/c1-13-16(17(23-22-13)14-6-3-2-4-7-14)18(26)24-11-8-15(25)20(12-24)9-5-10-21-19(20)27/h2-4,6-7,15,25H,5,8-12H2,1H3,(H,21,27)(H,22,23)/t15-,20-/m1/s1. The van der Waals surface area contributed by atoms with E-state index in [0.29, 0.717) is 42.9 Å². The van der Waals surface area contributed by atoms with Gasteiger partial charge in [-0.25, -0.2) is 0 Å². The molecule has 3 N–H and O–H groups in total. The van der Waals surface area contributed by atoms with Gasteiger partial charge in [0.15, 0.2) is 0 Å². The smallest absolute Gasteiger partial charge is 0.258 e. The van der Waals surface area contributed by atoms with Crippen LogP contribution < -0.4 is 5.32 Å². The van der Waals surface area contributed by atoms with Crippen molar-refractivity contribution in [3.63, 3.8) is 0 Å². The quantitative estimate of drug-likeness (QED) is 0.748. The SMILES string of the molecule is Cc1[nH]nc(-c2ccccc2)c1C(=O)N1CC[C@@H](O)[C@@]2(CCCNC2=O)C1. The number of likely N-dealkylation sites (tertiary alicyclic amines) is 1. The number of aryl methyl sites for hydroxylation is 1. The fourth-order valence-electron chi connectivity index (χ4n) is 4.27. The van der Waals surface area contributed by atoms with E-state index in [1.165, 1.54) is 0 Å². The molecule has 2 fully saturated rings. The Bertz CT molecular complexity index is 863. The molecule has 0 unspecified atom stereocenters. The fraction of sp³-hybridized carbons (Fsp3) is 0.450. The second-order valence-electron chi connectivity index (χ2n) is 7.49. The van der Waals surface area contributed by atoms with E-state index in [9.17, 15) is 14.7 Å². The molecule has 0 bridgehead atoms. The van der Waals surface area contributed by atoms with E-state index in [1.54, 1.807) is 4.90 Å². The molecule has 2 aliphatic rings. The molecule has 0 aliphatic carbocycles. The Morgan fingerprint density at radius 1 is 1.33 bits per heavy atom. The molecule has 2 aliphatic heterocycles. The van der Waals surface area contributed by atoms with Crippen molar-refractivity contribution in [1.82, 2.24) is 20.4 Å². The van der Waals surface area contributed by atoms with Crippen molar-refractivity contribution >= 4 is 11.8 Å². The van der Waals surface area contributed by atoms with Crippen molar-refractivity contribution in [3.8, 4) is 11.3 Å². The van der Waals surface area contributed by atoms with Crippen LogP contribution in [-0.2, 0) is 4.79 Å². The number of carbonyl (C=O) groups excluding carboxylic acids is 2. The van der Waals surface area contributed by atoms with Gasteiger partial charge in [0.05, 0.1) is 17.1 Å². The molecule has 2 aromatic rings. The zero-order valence-corrected chi connectivity index (χ0v) is 15.4. The lowest BCUT2D eigenvalue weighted by Gasteiger charge is -2.46. The molecule has 4 rings (SSSR count). The summed E-state index contributed by atoms with van der Waals surface area (Å²) in [5, 5.41) is 20.7. The van der Waals surface area contributed by atoms with Gasteiger partial charge in [-0.15, -0.1) is 0 Å². The summed E-state index contributed by atoms with van der Waals surface area (Å²) >= 11 is 0.